The molecule has 0 fully saturated rings. The summed E-state index contributed by atoms with van der Waals surface area (Å²) >= 11 is 0. The largest absolute Gasteiger partial charge is 0.497 e. The fourth-order valence-corrected chi connectivity index (χ4v) is 5.11. The highest BCUT2D eigenvalue weighted by Gasteiger charge is 2.26. The second-order valence-electron chi connectivity index (χ2n) is 7.96. The highest BCUT2D eigenvalue weighted by atomic mass is 32.2. The number of aromatic amines is 1. The fourth-order valence-electron chi connectivity index (χ4n) is 3.71. The van der Waals surface area contributed by atoms with Crippen molar-refractivity contribution in [1.29, 1.82) is 0 Å². The van der Waals surface area contributed by atoms with Gasteiger partial charge in [-0.3, -0.25) is 9.78 Å². The summed E-state index contributed by atoms with van der Waals surface area (Å²) in [6.45, 7) is 1.73. The number of nitrogens with zero attached hydrogens (tertiary/aromatic N) is 2. The zero-order chi connectivity index (χ0) is 25.7. The van der Waals surface area contributed by atoms with Gasteiger partial charge < -0.3 is 14.5 Å². The number of carbonyl (C=O) groups is 1. The van der Waals surface area contributed by atoms with Crippen LogP contribution in [0.5, 0.6) is 5.75 Å². The summed E-state index contributed by atoms with van der Waals surface area (Å²) in [5.74, 6) is 0.0611. The molecule has 9 nitrogen and oxygen atoms in total. The van der Waals surface area contributed by atoms with E-state index in [4.69, 9.17) is 9.47 Å². The lowest BCUT2D eigenvalue weighted by Crippen LogP contribution is -2.32. The van der Waals surface area contributed by atoms with Crippen molar-refractivity contribution in [2.45, 2.75) is 24.9 Å². The van der Waals surface area contributed by atoms with Crippen LogP contribution in [0.15, 0.2) is 82.7 Å². The van der Waals surface area contributed by atoms with Crippen molar-refractivity contribution in [2.75, 3.05) is 13.7 Å². The average Bonchev–Trinajstić information content (AvgIpc) is 2.89. The third kappa shape index (κ3) is 5.45. The number of esters is 1. The van der Waals surface area contributed by atoms with E-state index in [1.165, 1.54) is 35.7 Å². The van der Waals surface area contributed by atoms with Crippen LogP contribution < -0.4 is 10.3 Å². The number of aromatic nitrogens is 2. The van der Waals surface area contributed by atoms with Gasteiger partial charge >= 0.3 is 5.97 Å². The number of H-pyrrole nitrogens is 1. The smallest absolute Gasteiger partial charge is 0.338 e. The normalized spacial score (nSPS) is 11.5. The van der Waals surface area contributed by atoms with Crippen molar-refractivity contribution in [1.82, 2.24) is 14.3 Å². The number of nitrogens with one attached hydrogen (secondary N) is 1. The molecule has 0 saturated carbocycles. The molecule has 4 rings (SSSR count). The maximum atomic E-state index is 13.7. The summed E-state index contributed by atoms with van der Waals surface area (Å²) in [5.41, 5.74) is 1.37. The van der Waals surface area contributed by atoms with E-state index >= 15 is 0 Å². The Balaban J connectivity index is 1.72. The summed E-state index contributed by atoms with van der Waals surface area (Å²) in [6, 6.07) is 15.9. The van der Waals surface area contributed by atoms with Gasteiger partial charge in [0.25, 0.3) is 5.56 Å². The lowest BCUT2D eigenvalue weighted by atomic mass is 10.1. The Kier molecular flexibility index (Phi) is 7.47. The molecule has 1 N–H and O–H groups in total. The number of hydrogen-bond acceptors (Lipinski definition) is 7. The van der Waals surface area contributed by atoms with Gasteiger partial charge in [-0.2, -0.15) is 4.31 Å². The maximum absolute atomic E-state index is 13.7. The van der Waals surface area contributed by atoms with Crippen LogP contribution >= 0.6 is 0 Å². The first-order valence-corrected chi connectivity index (χ1v) is 12.6. The lowest BCUT2D eigenvalue weighted by Gasteiger charge is -2.22. The van der Waals surface area contributed by atoms with E-state index in [-0.39, 0.29) is 35.7 Å². The van der Waals surface area contributed by atoms with E-state index in [0.717, 1.165) is 5.39 Å². The number of methoxy groups -OCH3 is 1. The van der Waals surface area contributed by atoms with Crippen LogP contribution in [0, 0.1) is 0 Å². The van der Waals surface area contributed by atoms with E-state index in [9.17, 15) is 18.0 Å². The van der Waals surface area contributed by atoms with E-state index in [1.807, 2.05) is 0 Å². The van der Waals surface area contributed by atoms with E-state index in [2.05, 4.69) is 9.97 Å². The number of fused-ring (bicyclic) bond motifs is 1. The molecule has 0 amide bonds. The number of rotatable bonds is 9. The molecule has 0 aliphatic carbocycles. The molecule has 0 radical (unpaired) electrons. The molecule has 0 spiro atoms. The first-order valence-electron chi connectivity index (χ1n) is 11.2. The molecule has 2 aromatic heterocycles. The first-order chi connectivity index (χ1) is 17.3. The fraction of sp³-hybridized carbons (Fsp3) is 0.192. The predicted octanol–water partition coefficient (Wildman–Crippen LogP) is 3.50. The number of ether oxygens (including phenoxy) is 2. The van der Waals surface area contributed by atoms with Crippen LogP contribution in [0.25, 0.3) is 10.9 Å². The van der Waals surface area contributed by atoms with Gasteiger partial charge in [-0.15, -0.1) is 0 Å². The summed E-state index contributed by atoms with van der Waals surface area (Å²) in [7, 11) is -2.52. The number of benzene rings is 2. The van der Waals surface area contributed by atoms with Gasteiger partial charge in [0.2, 0.25) is 10.0 Å². The minimum atomic E-state index is -4.05. The summed E-state index contributed by atoms with van der Waals surface area (Å²) in [6.07, 6.45) is 3.17. The minimum Gasteiger partial charge on any atom is -0.497 e. The third-order valence-electron chi connectivity index (χ3n) is 5.56. The van der Waals surface area contributed by atoms with Crippen LogP contribution in [-0.4, -0.2) is 42.4 Å². The monoisotopic (exact) mass is 507 g/mol. The van der Waals surface area contributed by atoms with Crippen molar-refractivity contribution in [3.05, 3.63) is 100 Å². The van der Waals surface area contributed by atoms with Gasteiger partial charge in [0.05, 0.1) is 29.7 Å². The Morgan fingerprint density at radius 2 is 1.83 bits per heavy atom. The zero-order valence-electron chi connectivity index (χ0n) is 19.8. The first kappa shape index (κ1) is 25.1. The van der Waals surface area contributed by atoms with Gasteiger partial charge in [0.15, 0.2) is 0 Å². The van der Waals surface area contributed by atoms with Crippen molar-refractivity contribution < 1.29 is 22.7 Å². The van der Waals surface area contributed by atoms with Crippen LogP contribution in [0.3, 0.4) is 0 Å². The molecule has 0 saturated heterocycles. The lowest BCUT2D eigenvalue weighted by molar-refractivity contribution is 0.0526. The molecule has 186 valence electrons. The summed E-state index contributed by atoms with van der Waals surface area (Å²) in [5, 5.41) is 0.739. The van der Waals surface area contributed by atoms with Gasteiger partial charge in [0.1, 0.15) is 5.75 Å². The van der Waals surface area contributed by atoms with Crippen molar-refractivity contribution >= 4 is 26.9 Å². The Bertz CT molecular complexity index is 1530. The molecule has 2 heterocycles. The van der Waals surface area contributed by atoms with E-state index < -0.39 is 21.6 Å². The molecule has 0 aliphatic heterocycles. The standard InChI is InChI=1S/C26H25N3O6S/c1-3-35-26(31)19-7-10-23(11-8-19)36(32,33)29(16-18-5-4-12-27-15-18)17-21-13-20-6-9-22(34-2)14-24(20)28-25(21)30/h4-15H,3,16-17H2,1-2H3,(H,28,30). The molecule has 0 aliphatic rings. The molecule has 10 heteroatoms. The highest BCUT2D eigenvalue weighted by Crippen LogP contribution is 2.23. The van der Waals surface area contributed by atoms with Crippen molar-refractivity contribution in [2.24, 2.45) is 0 Å². The Hall–Kier alpha value is -4.02. The second kappa shape index (κ2) is 10.7. The van der Waals surface area contributed by atoms with Gasteiger partial charge in [0, 0.05) is 37.1 Å². The van der Waals surface area contributed by atoms with Crippen LogP contribution in [0.4, 0.5) is 0 Å². The second-order valence-corrected chi connectivity index (χ2v) is 9.89. The predicted molar refractivity (Wildman–Crippen MR) is 134 cm³/mol. The Morgan fingerprint density at radius 3 is 2.50 bits per heavy atom. The topological polar surface area (TPSA) is 119 Å². The quantitative estimate of drug-likeness (QED) is 0.345. The van der Waals surface area contributed by atoms with Crippen LogP contribution in [-0.2, 0) is 27.8 Å². The van der Waals surface area contributed by atoms with Gasteiger partial charge in [-0.05, 0) is 66.4 Å². The third-order valence-corrected chi connectivity index (χ3v) is 7.37. The van der Waals surface area contributed by atoms with Crippen molar-refractivity contribution in [3.8, 4) is 5.75 Å². The van der Waals surface area contributed by atoms with Gasteiger partial charge in [-0.1, -0.05) is 6.07 Å². The van der Waals surface area contributed by atoms with E-state index in [1.54, 1.807) is 55.7 Å². The average molecular weight is 508 g/mol. The molecule has 36 heavy (non-hydrogen) atoms. The van der Waals surface area contributed by atoms with Crippen LogP contribution in [0.2, 0.25) is 0 Å². The molecule has 2 aromatic carbocycles. The summed E-state index contributed by atoms with van der Waals surface area (Å²) < 4.78 is 38.7. The van der Waals surface area contributed by atoms with E-state index in [0.29, 0.717) is 16.8 Å². The molecular formula is C26H25N3O6S. The van der Waals surface area contributed by atoms with Crippen LogP contribution in [0.1, 0.15) is 28.4 Å². The molecular weight excluding hydrogens is 482 g/mol. The summed E-state index contributed by atoms with van der Waals surface area (Å²) in [4.78, 5) is 31.7. The Labute approximate surface area is 208 Å². The molecule has 4 aromatic rings. The SMILES string of the molecule is CCOC(=O)c1ccc(S(=O)(=O)N(Cc2cccnc2)Cc2cc3ccc(OC)cc3[nH]c2=O)cc1. The zero-order valence-corrected chi connectivity index (χ0v) is 20.6. The number of hydrogen-bond donors (Lipinski definition) is 1. The number of sulfonamides is 1. The number of carbonyl (C=O) groups excluding carboxylic acids is 1. The molecule has 0 atom stereocenters. The molecule has 0 unspecified atom stereocenters. The van der Waals surface area contributed by atoms with Gasteiger partial charge in [-0.25, -0.2) is 13.2 Å². The minimum absolute atomic E-state index is 0.00408. The molecule has 0 bridgehead atoms. The van der Waals surface area contributed by atoms with Crippen molar-refractivity contribution in [3.63, 3.8) is 0 Å². The Morgan fingerprint density at radius 1 is 1.06 bits per heavy atom. The number of pyridine rings is 2. The maximum Gasteiger partial charge on any atom is 0.338 e. The highest BCUT2D eigenvalue weighted by molar-refractivity contribution is 7.89.